The van der Waals surface area contributed by atoms with Crippen molar-refractivity contribution in [3.05, 3.63) is 59.4 Å². The van der Waals surface area contributed by atoms with Gasteiger partial charge in [0, 0.05) is 25.3 Å². The van der Waals surface area contributed by atoms with Crippen LogP contribution in [0.3, 0.4) is 0 Å². The number of morpholine rings is 1. The van der Waals surface area contributed by atoms with Crippen molar-refractivity contribution >= 4 is 17.4 Å². The Kier molecular flexibility index (Phi) is 5.62. The van der Waals surface area contributed by atoms with E-state index in [0.717, 1.165) is 36.5 Å². The molecule has 5 nitrogen and oxygen atoms in total. The van der Waals surface area contributed by atoms with Crippen LogP contribution < -0.4 is 15.5 Å². The maximum Gasteiger partial charge on any atom is 0.319 e. The molecule has 0 radical (unpaired) electrons. The van der Waals surface area contributed by atoms with Crippen molar-refractivity contribution in [2.24, 2.45) is 0 Å². The fraction of sp³-hybridized carbons (Fsp3) is 0.278. The van der Waals surface area contributed by atoms with E-state index >= 15 is 0 Å². The van der Waals surface area contributed by atoms with Gasteiger partial charge in [-0.05, 0) is 29.8 Å². The van der Waals surface area contributed by atoms with Gasteiger partial charge in [-0.2, -0.15) is 0 Å². The summed E-state index contributed by atoms with van der Waals surface area (Å²) in [5, 5.41) is 4.70. The number of urea groups is 1. The van der Waals surface area contributed by atoms with Crippen molar-refractivity contribution < 1.29 is 22.7 Å². The fourth-order valence-electron chi connectivity index (χ4n) is 2.62. The minimum Gasteiger partial charge on any atom is -0.378 e. The lowest BCUT2D eigenvalue weighted by atomic mass is 10.2. The largest absolute Gasteiger partial charge is 0.378 e. The standard InChI is InChI=1S/C18H18F3N3O2/c19-14-5-6-15(17(21)16(14)20)23-18(25)22-11-12-1-3-13(4-2-12)24-7-9-26-10-8-24/h1-6H,7-11H2,(H2,22,23,25). The first-order chi connectivity index (χ1) is 12.5. The van der Waals surface area contributed by atoms with Crippen molar-refractivity contribution in [1.29, 1.82) is 0 Å². The summed E-state index contributed by atoms with van der Waals surface area (Å²) in [5.41, 5.74) is 1.50. The zero-order valence-electron chi connectivity index (χ0n) is 13.9. The number of anilines is 2. The molecule has 2 N–H and O–H groups in total. The Morgan fingerprint density at radius 2 is 1.69 bits per heavy atom. The molecule has 0 bridgehead atoms. The molecule has 0 spiro atoms. The van der Waals surface area contributed by atoms with Crippen LogP contribution in [-0.4, -0.2) is 32.3 Å². The SMILES string of the molecule is O=C(NCc1ccc(N2CCOCC2)cc1)Nc1ccc(F)c(F)c1F. The maximum atomic E-state index is 13.5. The van der Waals surface area contributed by atoms with Gasteiger partial charge in [0.05, 0.1) is 18.9 Å². The molecule has 2 aromatic rings. The summed E-state index contributed by atoms with van der Waals surface area (Å²) < 4.78 is 44.9. The Morgan fingerprint density at radius 1 is 1.00 bits per heavy atom. The van der Waals surface area contributed by atoms with Crippen LogP contribution in [0.1, 0.15) is 5.56 Å². The van der Waals surface area contributed by atoms with E-state index in [1.165, 1.54) is 0 Å². The minimum absolute atomic E-state index is 0.209. The molecule has 0 saturated carbocycles. The van der Waals surface area contributed by atoms with Crippen LogP contribution in [-0.2, 0) is 11.3 Å². The topological polar surface area (TPSA) is 53.6 Å². The van der Waals surface area contributed by atoms with E-state index in [0.29, 0.717) is 13.2 Å². The van der Waals surface area contributed by atoms with Gasteiger partial charge >= 0.3 is 6.03 Å². The molecule has 0 aliphatic carbocycles. The molecule has 2 aromatic carbocycles. The van der Waals surface area contributed by atoms with E-state index in [-0.39, 0.29) is 6.54 Å². The Hall–Kier alpha value is -2.74. The lowest BCUT2D eigenvalue weighted by molar-refractivity contribution is 0.122. The summed E-state index contributed by atoms with van der Waals surface area (Å²) in [5.74, 6) is -4.37. The number of rotatable bonds is 4. The van der Waals surface area contributed by atoms with Gasteiger partial charge < -0.3 is 20.3 Å². The fourth-order valence-corrected chi connectivity index (χ4v) is 2.62. The van der Waals surface area contributed by atoms with E-state index in [2.05, 4.69) is 15.5 Å². The molecule has 138 valence electrons. The molecular formula is C18H18F3N3O2. The van der Waals surface area contributed by atoms with Gasteiger partial charge in [0.25, 0.3) is 0 Å². The molecule has 1 fully saturated rings. The Balaban J connectivity index is 1.53. The van der Waals surface area contributed by atoms with Crippen molar-refractivity contribution in [2.45, 2.75) is 6.54 Å². The van der Waals surface area contributed by atoms with Crippen LogP contribution in [0.5, 0.6) is 0 Å². The third-order valence-corrected chi connectivity index (χ3v) is 4.05. The van der Waals surface area contributed by atoms with Crippen LogP contribution in [0, 0.1) is 17.5 Å². The van der Waals surface area contributed by atoms with Gasteiger partial charge in [0.2, 0.25) is 0 Å². The zero-order valence-corrected chi connectivity index (χ0v) is 13.9. The Morgan fingerprint density at radius 3 is 2.38 bits per heavy atom. The number of benzene rings is 2. The number of halogens is 3. The molecule has 1 aliphatic heterocycles. The van der Waals surface area contributed by atoms with Crippen LogP contribution in [0.4, 0.5) is 29.3 Å². The van der Waals surface area contributed by atoms with Crippen molar-refractivity contribution in [1.82, 2.24) is 5.32 Å². The molecule has 3 rings (SSSR count). The first-order valence-corrected chi connectivity index (χ1v) is 8.14. The predicted octanol–water partition coefficient (Wildman–Crippen LogP) is 3.26. The number of nitrogens with one attached hydrogen (secondary N) is 2. The summed E-state index contributed by atoms with van der Waals surface area (Å²) in [4.78, 5) is 14.0. The van der Waals surface area contributed by atoms with Gasteiger partial charge in [-0.1, -0.05) is 12.1 Å². The minimum atomic E-state index is -1.62. The number of hydrogen-bond donors (Lipinski definition) is 2. The third kappa shape index (κ3) is 4.26. The zero-order chi connectivity index (χ0) is 18.5. The summed E-state index contributed by atoms with van der Waals surface area (Å²) >= 11 is 0. The van der Waals surface area contributed by atoms with Crippen molar-refractivity contribution in [3.63, 3.8) is 0 Å². The van der Waals surface area contributed by atoms with Gasteiger partial charge in [0.1, 0.15) is 0 Å². The van der Waals surface area contributed by atoms with E-state index < -0.39 is 29.2 Å². The first kappa shape index (κ1) is 18.1. The van der Waals surface area contributed by atoms with E-state index in [1.54, 1.807) is 0 Å². The first-order valence-electron chi connectivity index (χ1n) is 8.14. The number of hydrogen-bond acceptors (Lipinski definition) is 3. The van der Waals surface area contributed by atoms with Gasteiger partial charge in [0.15, 0.2) is 17.5 Å². The smallest absolute Gasteiger partial charge is 0.319 e. The summed E-state index contributed by atoms with van der Waals surface area (Å²) in [6.45, 7) is 3.27. The second-order valence-electron chi connectivity index (χ2n) is 5.80. The molecule has 0 unspecified atom stereocenters. The number of amides is 2. The molecule has 2 amide bonds. The monoisotopic (exact) mass is 365 g/mol. The third-order valence-electron chi connectivity index (χ3n) is 4.05. The molecule has 1 saturated heterocycles. The van der Waals surface area contributed by atoms with E-state index in [4.69, 9.17) is 4.74 Å². The summed E-state index contributed by atoms with van der Waals surface area (Å²) in [6.07, 6.45) is 0. The highest BCUT2D eigenvalue weighted by Crippen LogP contribution is 2.20. The van der Waals surface area contributed by atoms with Crippen molar-refractivity contribution in [3.8, 4) is 0 Å². The molecule has 1 heterocycles. The number of carbonyl (C=O) groups is 1. The number of ether oxygens (including phenoxy) is 1. The lowest BCUT2D eigenvalue weighted by Gasteiger charge is -2.28. The molecule has 8 heteroatoms. The average Bonchev–Trinajstić information content (AvgIpc) is 2.68. The second kappa shape index (κ2) is 8.09. The average molecular weight is 365 g/mol. The molecule has 1 aliphatic rings. The van der Waals surface area contributed by atoms with Crippen LogP contribution in [0.15, 0.2) is 36.4 Å². The second-order valence-corrected chi connectivity index (χ2v) is 5.80. The summed E-state index contributed by atoms with van der Waals surface area (Å²) in [6, 6.07) is 8.66. The predicted molar refractivity (Wildman–Crippen MR) is 91.6 cm³/mol. The maximum absolute atomic E-state index is 13.5. The van der Waals surface area contributed by atoms with E-state index in [1.807, 2.05) is 24.3 Å². The molecule has 26 heavy (non-hydrogen) atoms. The summed E-state index contributed by atoms with van der Waals surface area (Å²) in [7, 11) is 0. The van der Waals surface area contributed by atoms with Crippen LogP contribution >= 0.6 is 0 Å². The van der Waals surface area contributed by atoms with Gasteiger partial charge in [-0.3, -0.25) is 0 Å². The van der Waals surface area contributed by atoms with Crippen LogP contribution in [0.25, 0.3) is 0 Å². The van der Waals surface area contributed by atoms with Crippen molar-refractivity contribution in [2.75, 3.05) is 36.5 Å². The quantitative estimate of drug-likeness (QED) is 0.818. The highest BCUT2D eigenvalue weighted by Gasteiger charge is 2.15. The van der Waals surface area contributed by atoms with Crippen LogP contribution in [0.2, 0.25) is 0 Å². The van der Waals surface area contributed by atoms with Gasteiger partial charge in [-0.15, -0.1) is 0 Å². The molecular weight excluding hydrogens is 347 g/mol. The highest BCUT2D eigenvalue weighted by molar-refractivity contribution is 5.89. The molecule has 0 aromatic heterocycles. The Labute approximate surface area is 148 Å². The highest BCUT2D eigenvalue weighted by atomic mass is 19.2. The number of nitrogens with zero attached hydrogens (tertiary/aromatic N) is 1. The lowest BCUT2D eigenvalue weighted by Crippen LogP contribution is -2.36. The Bertz CT molecular complexity index is 778. The normalized spacial score (nSPS) is 14.2. The van der Waals surface area contributed by atoms with Gasteiger partial charge in [-0.25, -0.2) is 18.0 Å². The van der Waals surface area contributed by atoms with E-state index in [9.17, 15) is 18.0 Å². The number of carbonyl (C=O) groups excluding carboxylic acids is 1. The molecule has 0 atom stereocenters.